The third kappa shape index (κ3) is 2.61. The minimum atomic E-state index is 0.660. The fraction of sp³-hybridized carbons (Fsp3) is 0.143. The Morgan fingerprint density at radius 1 is 0.483 bits per heavy atom. The van der Waals surface area contributed by atoms with Gasteiger partial charge in [-0.3, -0.25) is 0 Å². The lowest BCUT2D eigenvalue weighted by Gasteiger charge is -2.43. The summed E-state index contributed by atoms with van der Waals surface area (Å²) in [6.45, 7) is 0. The van der Waals surface area contributed by atoms with Crippen LogP contribution in [0.25, 0.3) is 11.1 Å². The molecule has 6 rings (SSSR count). The Kier molecular flexibility index (Phi) is 3.80. The second-order valence-corrected chi connectivity index (χ2v) is 8.16. The lowest BCUT2D eigenvalue weighted by molar-refractivity contribution is 0.343. The maximum atomic E-state index is 2.45. The molecule has 0 amide bonds. The van der Waals surface area contributed by atoms with Gasteiger partial charge in [0.2, 0.25) is 0 Å². The molecular weight excluding hydrogens is 350 g/mol. The van der Waals surface area contributed by atoms with Crippen LogP contribution in [0, 0.1) is 0 Å². The van der Waals surface area contributed by atoms with Gasteiger partial charge >= 0.3 is 0 Å². The Morgan fingerprint density at radius 2 is 1.03 bits per heavy atom. The molecule has 29 heavy (non-hydrogen) atoms. The minimum absolute atomic E-state index is 0.660. The number of hydrogen-bond donors (Lipinski definition) is 0. The van der Waals surface area contributed by atoms with Crippen molar-refractivity contribution in [2.24, 2.45) is 0 Å². The van der Waals surface area contributed by atoms with Crippen molar-refractivity contribution in [2.45, 2.75) is 24.7 Å². The fourth-order valence-electron chi connectivity index (χ4n) is 5.15. The average molecular weight is 373 g/mol. The van der Waals surface area contributed by atoms with Gasteiger partial charge < -0.3 is 4.90 Å². The van der Waals surface area contributed by atoms with Crippen molar-refractivity contribution in [3.63, 3.8) is 0 Å². The molecule has 0 spiro atoms. The normalized spacial score (nSPS) is 18.8. The second kappa shape index (κ2) is 6.63. The highest BCUT2D eigenvalue weighted by molar-refractivity contribution is 5.82. The number of anilines is 3. The highest BCUT2D eigenvalue weighted by Gasteiger charge is 2.39. The number of hydrogen-bond acceptors (Lipinski definition) is 1. The van der Waals surface area contributed by atoms with E-state index in [9.17, 15) is 0 Å². The van der Waals surface area contributed by atoms with E-state index in [0.29, 0.717) is 11.8 Å². The first kappa shape index (κ1) is 16.6. The SMILES string of the molecule is c1ccc(N(c2ccccc2)c2ccc3c(c2)C2CCC2c2ccccc2-3)cc1. The van der Waals surface area contributed by atoms with Crippen LogP contribution in [-0.2, 0) is 0 Å². The Bertz CT molecular complexity index is 1120. The van der Waals surface area contributed by atoms with Crippen LogP contribution >= 0.6 is 0 Å². The standard InChI is InChI=1S/C28H23N/c1-3-9-20(10-4-1)29(21-11-5-2-6-12-21)22-15-16-26-24-14-8-7-13-23(24)25-17-18-27(25)28(26)19-22/h1-16,19,25,27H,17-18H2. The molecule has 2 unspecified atom stereocenters. The molecule has 1 heteroatoms. The van der Waals surface area contributed by atoms with Crippen LogP contribution in [-0.4, -0.2) is 0 Å². The van der Waals surface area contributed by atoms with Crippen LogP contribution in [0.15, 0.2) is 103 Å². The summed E-state index contributed by atoms with van der Waals surface area (Å²) < 4.78 is 0. The van der Waals surface area contributed by atoms with Crippen molar-refractivity contribution < 1.29 is 0 Å². The van der Waals surface area contributed by atoms with Crippen molar-refractivity contribution >= 4 is 17.1 Å². The number of fused-ring (bicyclic) bond motifs is 6. The molecule has 2 aliphatic rings. The molecule has 1 saturated carbocycles. The van der Waals surface area contributed by atoms with E-state index in [1.54, 1.807) is 5.56 Å². The van der Waals surface area contributed by atoms with Gasteiger partial charge in [-0.2, -0.15) is 0 Å². The Morgan fingerprint density at radius 3 is 1.69 bits per heavy atom. The zero-order valence-corrected chi connectivity index (χ0v) is 16.3. The van der Waals surface area contributed by atoms with Crippen LogP contribution < -0.4 is 4.90 Å². The van der Waals surface area contributed by atoms with Gasteiger partial charge in [0.25, 0.3) is 0 Å². The number of nitrogens with zero attached hydrogens (tertiary/aromatic N) is 1. The monoisotopic (exact) mass is 373 g/mol. The molecule has 0 N–H and O–H groups in total. The summed E-state index contributed by atoms with van der Waals surface area (Å²) in [5, 5.41) is 0. The van der Waals surface area contributed by atoms with Gasteiger partial charge in [-0.05, 0) is 83.3 Å². The molecule has 140 valence electrons. The van der Waals surface area contributed by atoms with Gasteiger partial charge in [0.15, 0.2) is 0 Å². The van der Waals surface area contributed by atoms with Crippen LogP contribution in [0.3, 0.4) is 0 Å². The summed E-state index contributed by atoms with van der Waals surface area (Å²) in [6.07, 6.45) is 2.61. The van der Waals surface area contributed by atoms with Gasteiger partial charge in [0.1, 0.15) is 0 Å². The molecular formula is C28H23N. The van der Waals surface area contributed by atoms with Crippen molar-refractivity contribution in [3.05, 3.63) is 114 Å². The van der Waals surface area contributed by atoms with Crippen molar-refractivity contribution in [2.75, 3.05) is 4.90 Å². The van der Waals surface area contributed by atoms with E-state index in [-0.39, 0.29) is 0 Å². The lowest BCUT2D eigenvalue weighted by atomic mass is 9.61. The second-order valence-electron chi connectivity index (χ2n) is 8.16. The molecule has 2 aliphatic carbocycles. The molecule has 0 saturated heterocycles. The van der Waals surface area contributed by atoms with Crippen molar-refractivity contribution in [1.29, 1.82) is 0 Å². The largest absolute Gasteiger partial charge is 0.310 e. The van der Waals surface area contributed by atoms with Gasteiger partial charge in [-0.1, -0.05) is 66.7 Å². The average Bonchev–Trinajstić information content (AvgIpc) is 2.75. The molecule has 1 fully saturated rings. The summed E-state index contributed by atoms with van der Waals surface area (Å²) in [6, 6.07) is 37.4. The number of para-hydroxylation sites is 2. The number of benzene rings is 4. The molecule has 0 radical (unpaired) electrons. The molecule has 0 heterocycles. The molecule has 0 aliphatic heterocycles. The van der Waals surface area contributed by atoms with E-state index >= 15 is 0 Å². The summed E-state index contributed by atoms with van der Waals surface area (Å²) in [7, 11) is 0. The van der Waals surface area contributed by atoms with Crippen LogP contribution in [0.5, 0.6) is 0 Å². The highest BCUT2D eigenvalue weighted by Crippen LogP contribution is 2.57. The Hall–Kier alpha value is -3.32. The quantitative estimate of drug-likeness (QED) is 0.354. The fourth-order valence-corrected chi connectivity index (χ4v) is 5.15. The zero-order chi connectivity index (χ0) is 19.2. The molecule has 1 nitrogen and oxygen atoms in total. The zero-order valence-electron chi connectivity index (χ0n) is 16.3. The van der Waals surface area contributed by atoms with Crippen molar-refractivity contribution in [1.82, 2.24) is 0 Å². The van der Waals surface area contributed by atoms with Crippen molar-refractivity contribution in [3.8, 4) is 11.1 Å². The van der Waals surface area contributed by atoms with Gasteiger partial charge in [0.05, 0.1) is 0 Å². The third-order valence-electron chi connectivity index (χ3n) is 6.65. The van der Waals surface area contributed by atoms with E-state index in [4.69, 9.17) is 0 Å². The summed E-state index contributed by atoms with van der Waals surface area (Å²) >= 11 is 0. The molecule has 0 bridgehead atoms. The first-order valence-corrected chi connectivity index (χ1v) is 10.5. The summed E-state index contributed by atoms with van der Waals surface area (Å²) in [5.74, 6) is 1.35. The van der Waals surface area contributed by atoms with E-state index in [1.165, 1.54) is 46.6 Å². The predicted octanol–water partition coefficient (Wildman–Crippen LogP) is 7.80. The minimum Gasteiger partial charge on any atom is -0.310 e. The molecule has 0 aromatic heterocycles. The van der Waals surface area contributed by atoms with Crippen LogP contribution in [0.4, 0.5) is 17.1 Å². The van der Waals surface area contributed by atoms with E-state index in [0.717, 1.165) is 0 Å². The molecule has 2 atom stereocenters. The maximum Gasteiger partial charge on any atom is 0.0464 e. The highest BCUT2D eigenvalue weighted by atomic mass is 15.1. The predicted molar refractivity (Wildman–Crippen MR) is 121 cm³/mol. The lowest BCUT2D eigenvalue weighted by Crippen LogP contribution is -2.26. The smallest absolute Gasteiger partial charge is 0.0464 e. The first-order valence-electron chi connectivity index (χ1n) is 10.5. The topological polar surface area (TPSA) is 3.24 Å². The summed E-state index contributed by atoms with van der Waals surface area (Å²) in [5.41, 5.74) is 9.56. The molecule has 4 aromatic rings. The van der Waals surface area contributed by atoms with Gasteiger partial charge in [-0.15, -0.1) is 0 Å². The first-order chi connectivity index (χ1) is 14.4. The number of rotatable bonds is 3. The van der Waals surface area contributed by atoms with E-state index in [2.05, 4.69) is 108 Å². The van der Waals surface area contributed by atoms with E-state index in [1.807, 2.05) is 0 Å². The summed E-state index contributed by atoms with van der Waals surface area (Å²) in [4.78, 5) is 2.37. The molecule has 4 aromatic carbocycles. The van der Waals surface area contributed by atoms with Crippen LogP contribution in [0.2, 0.25) is 0 Å². The van der Waals surface area contributed by atoms with Gasteiger partial charge in [-0.25, -0.2) is 0 Å². The van der Waals surface area contributed by atoms with Gasteiger partial charge in [0, 0.05) is 17.1 Å². The third-order valence-corrected chi connectivity index (χ3v) is 6.65. The Labute approximate surface area is 172 Å². The maximum absolute atomic E-state index is 2.45. The van der Waals surface area contributed by atoms with Crippen LogP contribution in [0.1, 0.15) is 35.8 Å². The Balaban J connectivity index is 1.53. The van der Waals surface area contributed by atoms with E-state index < -0.39 is 0 Å².